The first-order valence-corrected chi connectivity index (χ1v) is 36.1. The molecule has 20 heteroatoms. The summed E-state index contributed by atoms with van der Waals surface area (Å²) in [6, 6.07) is 81.8. The standard InChI is InChI=1S/C22H14N3.2C20H18N3.C18H14N3.2C5H12O2.2Ir.2Pt/c1-3-9-16(10-4-1)20-22-21(24-15-23-20)18-13-7-8-14-19(18)25(22)17-11-5-2-6-12-17;2*1-4-23-17-8-6-5-7-16(17)19-20(23)18(21-12-22-19)15-10-13(2)9-14(3)11-15;1-2-21-15-11-7-6-10-14(15)17-18(21)16(19-12-20-17)13-8-4-3-5-9-13;2*1-4(6)3-5(2)7;;;;/h1-9,11-15H;2*5-10,12H,4H2,1-3H3;3-8,10-12H,2H2,1H3;2*4-7H,3H2,1-2H3;;;;/q4*-1;;;;;;. The number of aliphatic hydroxyl groups is 4. The van der Waals surface area contributed by atoms with Crippen LogP contribution in [-0.4, -0.2) is 103 Å². The van der Waals surface area contributed by atoms with Gasteiger partial charge in [-0.2, -0.15) is 0 Å². The van der Waals surface area contributed by atoms with Gasteiger partial charge in [-0.15, -0.1) is 142 Å². The van der Waals surface area contributed by atoms with Gasteiger partial charge in [0.05, 0.1) is 90.6 Å². The number of aryl methyl sites for hydroxylation is 7. The molecule has 16 nitrogen and oxygen atoms in total. The van der Waals surface area contributed by atoms with E-state index in [1.54, 1.807) is 53.0 Å². The zero-order chi connectivity index (χ0) is 74.5. The summed E-state index contributed by atoms with van der Waals surface area (Å²) < 4.78 is 9.11. The monoisotopic (exact) mass is 2180 g/mol. The number of rotatable bonds is 12. The van der Waals surface area contributed by atoms with Crippen LogP contribution in [0.15, 0.2) is 225 Å². The van der Waals surface area contributed by atoms with E-state index in [1.165, 1.54) is 43.8 Å². The van der Waals surface area contributed by atoms with Gasteiger partial charge in [-0.1, -0.05) is 119 Å². The Balaban J connectivity index is 0.000000172. The first-order chi connectivity index (χ1) is 51.5. The maximum absolute atomic E-state index is 8.56. The second kappa shape index (κ2) is 40.3. The van der Waals surface area contributed by atoms with E-state index in [9.17, 15) is 0 Å². The molecule has 0 aliphatic heterocycles. The first kappa shape index (κ1) is 86.6. The van der Waals surface area contributed by atoms with Gasteiger partial charge in [-0.05, 0) is 97.7 Å². The van der Waals surface area contributed by atoms with Crippen molar-refractivity contribution in [1.82, 2.24) is 58.1 Å². The maximum Gasteiger partial charge on any atom is 0.106 e. The number of nitrogens with zero attached hydrogens (tertiary/aromatic N) is 12. The molecular weight excluding hydrogens is 2090 g/mol. The van der Waals surface area contributed by atoms with Crippen LogP contribution in [0.4, 0.5) is 0 Å². The van der Waals surface area contributed by atoms with Crippen LogP contribution in [0.2, 0.25) is 0 Å². The van der Waals surface area contributed by atoms with Crippen LogP contribution in [0, 0.1) is 52.0 Å². The predicted octanol–water partition coefficient (Wildman–Crippen LogP) is 18.8. The van der Waals surface area contributed by atoms with E-state index in [1.807, 2.05) is 72.8 Å². The smallest absolute Gasteiger partial charge is 0.106 e. The molecule has 0 amide bonds. The Labute approximate surface area is 698 Å². The van der Waals surface area contributed by atoms with Crippen molar-refractivity contribution in [1.29, 1.82) is 0 Å². The van der Waals surface area contributed by atoms with Crippen molar-refractivity contribution in [2.24, 2.45) is 0 Å². The summed E-state index contributed by atoms with van der Waals surface area (Å²) in [6.45, 7) is 24.1. The summed E-state index contributed by atoms with van der Waals surface area (Å²) in [6.07, 6.45) is 6.05. The Hall–Kier alpha value is -8.98. The molecule has 574 valence electrons. The molecule has 2 radical (unpaired) electrons. The Morgan fingerprint density at radius 3 is 0.936 bits per heavy atom. The third kappa shape index (κ3) is 19.5. The summed E-state index contributed by atoms with van der Waals surface area (Å²) in [5.41, 5.74) is 26.6. The van der Waals surface area contributed by atoms with E-state index in [4.69, 9.17) is 20.4 Å². The molecule has 0 fully saturated rings. The van der Waals surface area contributed by atoms with Gasteiger partial charge in [-0.25, -0.2) is 19.9 Å². The van der Waals surface area contributed by atoms with Crippen molar-refractivity contribution in [2.45, 2.75) is 133 Å². The molecule has 0 aliphatic carbocycles. The number of hydrogen-bond acceptors (Lipinski definition) is 12. The van der Waals surface area contributed by atoms with Crippen molar-refractivity contribution in [3.05, 3.63) is 272 Å². The topological polar surface area (TPSA) is 204 Å². The number of fused-ring (bicyclic) bond motifs is 12. The van der Waals surface area contributed by atoms with Crippen molar-refractivity contribution in [3.8, 4) is 50.7 Å². The second-order valence-electron chi connectivity index (χ2n) is 26.6. The van der Waals surface area contributed by atoms with Crippen molar-refractivity contribution in [3.63, 3.8) is 0 Å². The van der Waals surface area contributed by atoms with E-state index < -0.39 is 0 Å². The van der Waals surface area contributed by atoms with Crippen LogP contribution in [0.25, 0.3) is 138 Å². The minimum absolute atomic E-state index is 0. The molecule has 17 rings (SSSR count). The van der Waals surface area contributed by atoms with Gasteiger partial charge in [0.15, 0.2) is 0 Å². The third-order valence-electron chi connectivity index (χ3n) is 18.1. The van der Waals surface area contributed by atoms with Gasteiger partial charge in [0.25, 0.3) is 0 Å². The number of para-hydroxylation sites is 5. The number of aromatic nitrogens is 12. The Bertz CT molecular complexity index is 5620. The fraction of sp³-hybridized carbons (Fsp3) is 0.222. The summed E-state index contributed by atoms with van der Waals surface area (Å²) in [4.78, 5) is 36.6. The number of aliphatic hydroxyl groups excluding tert-OH is 4. The molecule has 4 N–H and O–H groups in total. The fourth-order valence-electron chi connectivity index (χ4n) is 14.1. The molecule has 0 saturated heterocycles. The summed E-state index contributed by atoms with van der Waals surface area (Å²) in [5.74, 6) is 0. The van der Waals surface area contributed by atoms with Gasteiger partial charge in [0.2, 0.25) is 0 Å². The molecule has 8 aromatic heterocycles. The van der Waals surface area contributed by atoms with Crippen LogP contribution in [0.3, 0.4) is 0 Å². The van der Waals surface area contributed by atoms with E-state index in [-0.39, 0.29) is 107 Å². The Kier molecular flexibility index (Phi) is 31.7. The summed E-state index contributed by atoms with van der Waals surface area (Å²) >= 11 is 0. The minimum Gasteiger partial charge on any atom is -0.393 e. The maximum atomic E-state index is 8.56. The van der Waals surface area contributed by atoms with Crippen LogP contribution in [0.5, 0.6) is 0 Å². The van der Waals surface area contributed by atoms with Gasteiger partial charge in [-0.3, -0.25) is 19.9 Å². The van der Waals surface area contributed by atoms with Crippen molar-refractivity contribution >= 4 is 87.7 Å². The molecule has 4 atom stereocenters. The van der Waals surface area contributed by atoms with Gasteiger partial charge in [0.1, 0.15) is 25.3 Å². The molecular formula is C90H88Ir2N12O4Pt2-4. The zero-order valence-corrected chi connectivity index (χ0v) is 72.5. The zero-order valence-electron chi connectivity index (χ0n) is 63.2. The first-order valence-electron chi connectivity index (χ1n) is 36.1. The number of benzene rings is 9. The van der Waals surface area contributed by atoms with E-state index in [0.29, 0.717) is 12.8 Å². The molecule has 0 saturated carbocycles. The summed E-state index contributed by atoms with van der Waals surface area (Å²) in [5, 5.41) is 38.9. The van der Waals surface area contributed by atoms with Gasteiger partial charge >= 0.3 is 0 Å². The molecule has 0 bridgehead atoms. The van der Waals surface area contributed by atoms with Crippen LogP contribution in [-0.2, 0) is 102 Å². The predicted molar refractivity (Wildman–Crippen MR) is 430 cm³/mol. The average Bonchev–Trinajstić information content (AvgIpc) is 1.61. The van der Waals surface area contributed by atoms with Gasteiger partial charge < -0.3 is 38.7 Å². The van der Waals surface area contributed by atoms with E-state index >= 15 is 0 Å². The van der Waals surface area contributed by atoms with Crippen LogP contribution in [0.1, 0.15) is 83.6 Å². The quantitative estimate of drug-likeness (QED) is 0.0844. The van der Waals surface area contributed by atoms with E-state index in [0.717, 1.165) is 137 Å². The second-order valence-corrected chi connectivity index (χ2v) is 26.6. The normalized spacial score (nSPS) is 11.9. The molecule has 110 heavy (non-hydrogen) atoms. The molecule has 9 aromatic carbocycles. The largest absolute Gasteiger partial charge is 0.393 e. The fourth-order valence-corrected chi connectivity index (χ4v) is 14.1. The summed E-state index contributed by atoms with van der Waals surface area (Å²) in [7, 11) is 0. The minimum atomic E-state index is -0.375. The van der Waals surface area contributed by atoms with Crippen molar-refractivity contribution in [2.75, 3.05) is 0 Å². The average molecular weight is 2180 g/mol. The van der Waals surface area contributed by atoms with Crippen LogP contribution >= 0.6 is 0 Å². The van der Waals surface area contributed by atoms with Gasteiger partial charge in [0, 0.05) is 152 Å². The Morgan fingerprint density at radius 1 is 0.336 bits per heavy atom. The molecule has 0 spiro atoms. The van der Waals surface area contributed by atoms with E-state index in [2.05, 4.69) is 258 Å². The Morgan fingerprint density at radius 2 is 0.627 bits per heavy atom. The molecule has 4 unspecified atom stereocenters. The van der Waals surface area contributed by atoms with Crippen LogP contribution < -0.4 is 0 Å². The number of hydrogen-bond donors (Lipinski definition) is 4. The molecule has 0 aliphatic rings. The molecule has 8 heterocycles. The third-order valence-corrected chi connectivity index (χ3v) is 18.1. The van der Waals surface area contributed by atoms with Crippen molar-refractivity contribution < 1.29 is 103 Å². The SMILES string of the molecule is CC(O)CC(C)O.CC(O)CC(C)O.CCn1c2ccccc2c2ncnc(-c3[c-]c(C)cc(C)c3)c21.CCn1c2ccccc2c2ncnc(-c3[c-]c(C)cc(C)c3)c21.CCn1c2ccccc2c2ncnc(-c3[c-]cccc3)c21.[Ir].[Ir].[Pt].[Pt].[c-]1ccccc1-c1ncnc2c3ccccc3n(-c3ccccc3)c12. The molecule has 17 aromatic rings.